The Morgan fingerprint density at radius 3 is 2.40 bits per heavy atom. The minimum atomic E-state index is -0.634. The van der Waals surface area contributed by atoms with Crippen molar-refractivity contribution >= 4 is 28.9 Å². The van der Waals surface area contributed by atoms with Gasteiger partial charge in [-0.15, -0.1) is 0 Å². The smallest absolute Gasteiger partial charge is 0.273 e. The first-order chi connectivity index (χ1) is 9.47. The molecule has 1 amide bonds. The lowest BCUT2D eigenvalue weighted by Crippen LogP contribution is -2.11. The average Bonchev–Trinajstić information content (AvgIpc) is 2.41. The van der Waals surface area contributed by atoms with Crippen LogP contribution in [0.1, 0.15) is 10.4 Å². The van der Waals surface area contributed by atoms with Crippen LogP contribution in [0.25, 0.3) is 0 Å². The number of phenolic OH excluding ortho intramolecular Hbond substituents is 1. The van der Waals surface area contributed by atoms with Crippen molar-refractivity contribution in [1.82, 2.24) is 0 Å². The first kappa shape index (κ1) is 13.8. The van der Waals surface area contributed by atoms with E-state index in [1.54, 1.807) is 12.1 Å². The van der Waals surface area contributed by atoms with Gasteiger partial charge in [0, 0.05) is 16.7 Å². The van der Waals surface area contributed by atoms with Gasteiger partial charge in [0.2, 0.25) is 0 Å². The summed E-state index contributed by atoms with van der Waals surface area (Å²) in [5.74, 6) is -0.827. The Morgan fingerprint density at radius 2 is 1.85 bits per heavy atom. The number of anilines is 1. The summed E-state index contributed by atoms with van der Waals surface area (Å²) < 4.78 is 0. The van der Waals surface area contributed by atoms with E-state index in [2.05, 4.69) is 5.32 Å². The molecule has 102 valence electrons. The fraction of sp³-hybridized carbons (Fsp3) is 0. The number of benzene rings is 2. The molecule has 20 heavy (non-hydrogen) atoms. The molecular formula is C13H9ClN2O4. The SMILES string of the molecule is O=C(Nc1ccc([N+](=O)[O-])cc1O)c1ccc(Cl)cc1. The maximum absolute atomic E-state index is 11.9. The number of non-ortho nitro benzene ring substituents is 1. The van der Waals surface area contributed by atoms with E-state index < -0.39 is 10.8 Å². The third kappa shape index (κ3) is 3.04. The molecule has 2 N–H and O–H groups in total. The standard InChI is InChI=1S/C13H9ClN2O4/c14-9-3-1-8(2-4-9)13(18)15-11-6-5-10(16(19)20)7-12(11)17/h1-7,17H,(H,15,18). The molecule has 0 saturated carbocycles. The van der Waals surface area contributed by atoms with E-state index in [0.717, 1.165) is 6.07 Å². The second-order valence-electron chi connectivity index (χ2n) is 3.92. The maximum atomic E-state index is 11.9. The predicted octanol–water partition coefficient (Wildman–Crippen LogP) is 3.21. The quantitative estimate of drug-likeness (QED) is 0.516. The van der Waals surface area contributed by atoms with Crippen molar-refractivity contribution in [2.24, 2.45) is 0 Å². The maximum Gasteiger partial charge on any atom is 0.273 e. The van der Waals surface area contributed by atoms with Crippen LogP contribution in [-0.2, 0) is 0 Å². The van der Waals surface area contributed by atoms with Gasteiger partial charge in [0.1, 0.15) is 5.75 Å². The summed E-state index contributed by atoms with van der Waals surface area (Å²) in [5, 5.41) is 23.1. The molecule has 0 radical (unpaired) electrons. The van der Waals surface area contributed by atoms with Gasteiger partial charge in [0.05, 0.1) is 16.7 Å². The number of carbonyl (C=O) groups is 1. The number of phenols is 1. The molecule has 6 nitrogen and oxygen atoms in total. The topological polar surface area (TPSA) is 92.5 Å². The van der Waals surface area contributed by atoms with Gasteiger partial charge in [-0.25, -0.2) is 0 Å². The number of nitro groups is 1. The van der Waals surface area contributed by atoms with E-state index in [1.165, 1.54) is 24.3 Å². The summed E-state index contributed by atoms with van der Waals surface area (Å²) in [7, 11) is 0. The van der Waals surface area contributed by atoms with E-state index in [9.17, 15) is 20.0 Å². The lowest BCUT2D eigenvalue weighted by Gasteiger charge is -2.07. The average molecular weight is 293 g/mol. The van der Waals surface area contributed by atoms with Crippen molar-refractivity contribution in [3.05, 3.63) is 63.2 Å². The number of nitrogens with zero attached hydrogens (tertiary/aromatic N) is 1. The summed E-state index contributed by atoms with van der Waals surface area (Å²) in [4.78, 5) is 21.8. The summed E-state index contributed by atoms with van der Waals surface area (Å²) in [6, 6.07) is 9.61. The van der Waals surface area contributed by atoms with Crippen LogP contribution in [0.4, 0.5) is 11.4 Å². The molecular weight excluding hydrogens is 284 g/mol. The molecule has 2 rings (SSSR count). The van der Waals surface area contributed by atoms with Crippen molar-refractivity contribution in [2.45, 2.75) is 0 Å². The van der Waals surface area contributed by atoms with E-state index in [-0.39, 0.29) is 17.1 Å². The Kier molecular flexibility index (Phi) is 3.86. The summed E-state index contributed by atoms with van der Waals surface area (Å²) in [6.07, 6.45) is 0. The summed E-state index contributed by atoms with van der Waals surface area (Å²) >= 11 is 5.71. The van der Waals surface area contributed by atoms with Gasteiger partial charge in [-0.1, -0.05) is 11.6 Å². The fourth-order valence-electron chi connectivity index (χ4n) is 1.54. The zero-order chi connectivity index (χ0) is 14.7. The molecule has 0 unspecified atom stereocenters. The van der Waals surface area contributed by atoms with Gasteiger partial charge in [0.15, 0.2) is 0 Å². The Hall–Kier alpha value is -2.60. The normalized spacial score (nSPS) is 10.1. The van der Waals surface area contributed by atoms with Crippen molar-refractivity contribution in [3.63, 3.8) is 0 Å². The van der Waals surface area contributed by atoms with Crippen LogP contribution in [0.2, 0.25) is 5.02 Å². The van der Waals surface area contributed by atoms with E-state index in [4.69, 9.17) is 11.6 Å². The van der Waals surface area contributed by atoms with Gasteiger partial charge in [-0.05, 0) is 30.3 Å². The fourth-order valence-corrected chi connectivity index (χ4v) is 1.66. The molecule has 7 heteroatoms. The van der Waals surface area contributed by atoms with Crippen molar-refractivity contribution in [2.75, 3.05) is 5.32 Å². The first-order valence-corrected chi connectivity index (χ1v) is 5.89. The number of amides is 1. The number of aromatic hydroxyl groups is 1. The molecule has 0 bridgehead atoms. The lowest BCUT2D eigenvalue weighted by molar-refractivity contribution is -0.384. The first-order valence-electron chi connectivity index (χ1n) is 5.51. The van der Waals surface area contributed by atoms with Gasteiger partial charge in [-0.3, -0.25) is 14.9 Å². The number of rotatable bonds is 3. The summed E-state index contributed by atoms with van der Waals surface area (Å²) in [6.45, 7) is 0. The summed E-state index contributed by atoms with van der Waals surface area (Å²) in [5.41, 5.74) is 0.190. The van der Waals surface area contributed by atoms with Gasteiger partial charge < -0.3 is 10.4 Å². The largest absolute Gasteiger partial charge is 0.506 e. The molecule has 2 aromatic rings. The van der Waals surface area contributed by atoms with Crippen LogP contribution >= 0.6 is 11.6 Å². The third-order valence-electron chi connectivity index (χ3n) is 2.55. The molecule has 0 heterocycles. The Bertz CT molecular complexity index is 671. The minimum Gasteiger partial charge on any atom is -0.506 e. The molecule has 0 atom stereocenters. The van der Waals surface area contributed by atoms with E-state index >= 15 is 0 Å². The van der Waals surface area contributed by atoms with Crippen LogP contribution in [0.3, 0.4) is 0 Å². The Balaban J connectivity index is 2.19. The van der Waals surface area contributed by atoms with Crippen LogP contribution in [0.15, 0.2) is 42.5 Å². The van der Waals surface area contributed by atoms with Crippen LogP contribution < -0.4 is 5.32 Å². The van der Waals surface area contributed by atoms with Gasteiger partial charge in [0.25, 0.3) is 11.6 Å². The highest BCUT2D eigenvalue weighted by Gasteiger charge is 2.13. The Labute approximate surface area is 118 Å². The van der Waals surface area contributed by atoms with E-state index in [1.807, 2.05) is 0 Å². The molecule has 0 aliphatic rings. The highest BCUT2D eigenvalue weighted by atomic mass is 35.5. The molecule has 2 aromatic carbocycles. The second-order valence-corrected chi connectivity index (χ2v) is 4.36. The van der Waals surface area contributed by atoms with Crippen molar-refractivity contribution in [1.29, 1.82) is 0 Å². The molecule has 0 saturated heterocycles. The zero-order valence-corrected chi connectivity index (χ0v) is 10.8. The third-order valence-corrected chi connectivity index (χ3v) is 2.80. The minimum absolute atomic E-state index is 0.0931. The molecule has 0 fully saturated rings. The number of carbonyl (C=O) groups excluding carboxylic acids is 1. The van der Waals surface area contributed by atoms with E-state index in [0.29, 0.717) is 10.6 Å². The van der Waals surface area contributed by atoms with Crippen molar-refractivity contribution in [3.8, 4) is 5.75 Å². The molecule has 0 spiro atoms. The molecule has 0 aromatic heterocycles. The predicted molar refractivity (Wildman–Crippen MR) is 74.2 cm³/mol. The molecule has 0 aliphatic carbocycles. The second kappa shape index (κ2) is 5.58. The highest BCUT2D eigenvalue weighted by Crippen LogP contribution is 2.28. The number of halogens is 1. The zero-order valence-electron chi connectivity index (χ0n) is 10.0. The number of hydrogen-bond donors (Lipinski definition) is 2. The Morgan fingerprint density at radius 1 is 1.20 bits per heavy atom. The van der Waals surface area contributed by atoms with Crippen LogP contribution in [-0.4, -0.2) is 15.9 Å². The number of nitrogens with one attached hydrogen (secondary N) is 1. The monoisotopic (exact) mass is 292 g/mol. The van der Waals surface area contributed by atoms with Gasteiger partial charge in [-0.2, -0.15) is 0 Å². The number of nitro benzene ring substituents is 1. The number of hydrogen-bond acceptors (Lipinski definition) is 4. The van der Waals surface area contributed by atoms with Crippen molar-refractivity contribution < 1.29 is 14.8 Å². The highest BCUT2D eigenvalue weighted by molar-refractivity contribution is 6.30. The van der Waals surface area contributed by atoms with Crippen LogP contribution in [0.5, 0.6) is 5.75 Å². The van der Waals surface area contributed by atoms with Crippen LogP contribution in [0, 0.1) is 10.1 Å². The van der Waals surface area contributed by atoms with Gasteiger partial charge >= 0.3 is 0 Å². The molecule has 0 aliphatic heterocycles. The lowest BCUT2D eigenvalue weighted by atomic mass is 10.2.